The average molecular weight is 347 g/mol. The maximum absolute atomic E-state index is 12.6. The van der Waals surface area contributed by atoms with Crippen LogP contribution in [0, 0.1) is 0 Å². The number of benzene rings is 1. The molecule has 3 amide bonds. The van der Waals surface area contributed by atoms with Crippen molar-refractivity contribution in [3.8, 4) is 0 Å². The molecule has 24 heavy (non-hydrogen) atoms. The molecule has 0 spiro atoms. The fourth-order valence-corrected chi connectivity index (χ4v) is 3.20. The van der Waals surface area contributed by atoms with Gasteiger partial charge in [0.1, 0.15) is 11.6 Å². The lowest BCUT2D eigenvalue weighted by molar-refractivity contribution is -0.119. The Morgan fingerprint density at radius 2 is 1.96 bits per heavy atom. The molecule has 0 aliphatic heterocycles. The highest BCUT2D eigenvalue weighted by atomic mass is 32.2. The molecule has 1 aromatic carbocycles. The van der Waals surface area contributed by atoms with E-state index in [1.54, 1.807) is 13.3 Å². The number of aromatic nitrogens is 3. The number of imide groups is 1. The first-order valence-electron chi connectivity index (χ1n) is 7.72. The highest BCUT2D eigenvalue weighted by Crippen LogP contribution is 2.35. The van der Waals surface area contributed by atoms with Crippen molar-refractivity contribution < 1.29 is 9.59 Å². The van der Waals surface area contributed by atoms with Gasteiger partial charge in [-0.15, -0.1) is 10.2 Å². The molecule has 0 radical (unpaired) electrons. The van der Waals surface area contributed by atoms with Gasteiger partial charge in [-0.25, -0.2) is 4.79 Å². The molecule has 1 heterocycles. The first-order valence-corrected chi connectivity index (χ1v) is 8.60. The van der Waals surface area contributed by atoms with Crippen LogP contribution in [0.25, 0.3) is 0 Å². The predicted molar refractivity (Wildman–Crippen MR) is 92.7 cm³/mol. The Hall–Kier alpha value is -2.35. The van der Waals surface area contributed by atoms with Crippen molar-refractivity contribution >= 4 is 23.7 Å². The van der Waals surface area contributed by atoms with Crippen LogP contribution in [0.2, 0.25) is 0 Å². The molecule has 0 saturated carbocycles. The Bertz CT molecular complexity index is 687. The Balaban J connectivity index is 2.25. The van der Waals surface area contributed by atoms with Crippen LogP contribution in [0.1, 0.15) is 37.6 Å². The summed E-state index contributed by atoms with van der Waals surface area (Å²) in [5, 5.41) is 13.0. The van der Waals surface area contributed by atoms with Gasteiger partial charge in [0, 0.05) is 12.6 Å². The van der Waals surface area contributed by atoms with Gasteiger partial charge in [-0.2, -0.15) is 0 Å². The van der Waals surface area contributed by atoms with Gasteiger partial charge >= 0.3 is 6.03 Å². The van der Waals surface area contributed by atoms with Crippen LogP contribution < -0.4 is 10.6 Å². The van der Waals surface area contributed by atoms with Gasteiger partial charge in [0.05, 0.1) is 0 Å². The number of urea groups is 1. The van der Waals surface area contributed by atoms with E-state index in [0.717, 1.165) is 5.56 Å². The minimum Gasteiger partial charge on any atom is -0.338 e. The minimum absolute atomic E-state index is 0.172. The summed E-state index contributed by atoms with van der Waals surface area (Å²) < 4.78 is 1.89. The smallest absolute Gasteiger partial charge is 0.321 e. The SMILES string of the molecule is CCNC(=O)NC(=O)[C@H](Sc1nncn1C(C)C)c1ccccc1. The van der Waals surface area contributed by atoms with E-state index >= 15 is 0 Å². The lowest BCUT2D eigenvalue weighted by atomic mass is 10.1. The summed E-state index contributed by atoms with van der Waals surface area (Å²) in [4.78, 5) is 24.3. The van der Waals surface area contributed by atoms with E-state index in [1.165, 1.54) is 11.8 Å². The number of carbonyl (C=O) groups excluding carboxylic acids is 2. The van der Waals surface area contributed by atoms with Crippen LogP contribution in [-0.2, 0) is 4.79 Å². The molecular formula is C16H21N5O2S. The molecule has 7 nitrogen and oxygen atoms in total. The van der Waals surface area contributed by atoms with Gasteiger partial charge < -0.3 is 9.88 Å². The van der Waals surface area contributed by atoms with E-state index in [2.05, 4.69) is 20.8 Å². The van der Waals surface area contributed by atoms with Gasteiger partial charge in [-0.1, -0.05) is 42.1 Å². The van der Waals surface area contributed by atoms with Crippen LogP contribution in [-0.4, -0.2) is 33.2 Å². The third-order valence-electron chi connectivity index (χ3n) is 3.23. The monoisotopic (exact) mass is 347 g/mol. The number of thioether (sulfide) groups is 1. The third-order valence-corrected chi connectivity index (χ3v) is 4.46. The van der Waals surface area contributed by atoms with Crippen LogP contribution in [0.3, 0.4) is 0 Å². The van der Waals surface area contributed by atoms with Crippen molar-refractivity contribution in [3.63, 3.8) is 0 Å². The molecule has 0 saturated heterocycles. The molecule has 2 aromatic rings. The molecule has 1 atom stereocenters. The number of rotatable bonds is 6. The summed E-state index contributed by atoms with van der Waals surface area (Å²) in [6.07, 6.45) is 1.64. The topological polar surface area (TPSA) is 88.9 Å². The first kappa shape index (κ1) is 18.0. The summed E-state index contributed by atoms with van der Waals surface area (Å²) in [6.45, 7) is 6.27. The maximum atomic E-state index is 12.6. The van der Waals surface area contributed by atoms with Gasteiger partial charge in [0.2, 0.25) is 5.91 Å². The van der Waals surface area contributed by atoms with Crippen LogP contribution in [0.5, 0.6) is 0 Å². The zero-order chi connectivity index (χ0) is 17.5. The van der Waals surface area contributed by atoms with Crippen molar-refractivity contribution in [2.75, 3.05) is 6.54 Å². The Morgan fingerprint density at radius 1 is 1.25 bits per heavy atom. The molecule has 0 aliphatic rings. The van der Waals surface area contributed by atoms with Crippen molar-refractivity contribution in [3.05, 3.63) is 42.2 Å². The normalized spacial score (nSPS) is 12.0. The molecule has 2 rings (SSSR count). The molecule has 1 aromatic heterocycles. The summed E-state index contributed by atoms with van der Waals surface area (Å²) >= 11 is 1.27. The van der Waals surface area contributed by atoms with E-state index < -0.39 is 17.2 Å². The van der Waals surface area contributed by atoms with E-state index in [1.807, 2.05) is 48.7 Å². The number of nitrogens with zero attached hydrogens (tertiary/aromatic N) is 3. The summed E-state index contributed by atoms with van der Waals surface area (Å²) in [7, 11) is 0. The molecule has 8 heteroatoms. The van der Waals surface area contributed by atoms with E-state index in [4.69, 9.17) is 0 Å². The quantitative estimate of drug-likeness (QED) is 0.784. The fourth-order valence-electron chi connectivity index (χ4n) is 2.06. The Morgan fingerprint density at radius 3 is 2.58 bits per heavy atom. The second-order valence-electron chi connectivity index (χ2n) is 5.37. The minimum atomic E-state index is -0.601. The summed E-state index contributed by atoms with van der Waals surface area (Å²) in [5.74, 6) is -0.393. The van der Waals surface area contributed by atoms with E-state index in [0.29, 0.717) is 11.7 Å². The zero-order valence-corrected chi connectivity index (χ0v) is 14.7. The van der Waals surface area contributed by atoms with Gasteiger partial charge in [0.25, 0.3) is 0 Å². The van der Waals surface area contributed by atoms with Crippen molar-refractivity contribution in [2.45, 2.75) is 37.2 Å². The van der Waals surface area contributed by atoms with Crippen molar-refractivity contribution in [2.24, 2.45) is 0 Å². The number of hydrogen-bond acceptors (Lipinski definition) is 5. The molecule has 0 fully saturated rings. The van der Waals surface area contributed by atoms with Crippen molar-refractivity contribution in [1.82, 2.24) is 25.4 Å². The molecule has 0 unspecified atom stereocenters. The molecule has 0 aliphatic carbocycles. The first-order chi connectivity index (χ1) is 11.5. The summed E-state index contributed by atoms with van der Waals surface area (Å²) in [5.41, 5.74) is 0.794. The lowest BCUT2D eigenvalue weighted by Crippen LogP contribution is -2.41. The molecular weight excluding hydrogens is 326 g/mol. The van der Waals surface area contributed by atoms with Crippen LogP contribution >= 0.6 is 11.8 Å². The van der Waals surface area contributed by atoms with Crippen LogP contribution in [0.15, 0.2) is 41.8 Å². The highest BCUT2D eigenvalue weighted by molar-refractivity contribution is 8.00. The summed E-state index contributed by atoms with van der Waals surface area (Å²) in [6, 6.07) is 8.96. The molecule has 2 N–H and O–H groups in total. The number of hydrogen-bond donors (Lipinski definition) is 2. The van der Waals surface area contributed by atoms with Gasteiger partial charge in [0.15, 0.2) is 5.16 Å². The van der Waals surface area contributed by atoms with Gasteiger partial charge in [-0.3, -0.25) is 10.1 Å². The fraction of sp³-hybridized carbons (Fsp3) is 0.375. The third kappa shape index (κ3) is 4.58. The molecule has 0 bridgehead atoms. The zero-order valence-electron chi connectivity index (χ0n) is 13.9. The maximum Gasteiger partial charge on any atom is 0.321 e. The molecule has 128 valence electrons. The largest absolute Gasteiger partial charge is 0.338 e. The number of amides is 3. The van der Waals surface area contributed by atoms with E-state index in [-0.39, 0.29) is 6.04 Å². The number of nitrogens with one attached hydrogen (secondary N) is 2. The average Bonchev–Trinajstić information content (AvgIpc) is 3.02. The second kappa shape index (κ2) is 8.49. The van der Waals surface area contributed by atoms with E-state index in [9.17, 15) is 9.59 Å². The Labute approximate surface area is 145 Å². The van der Waals surface area contributed by atoms with Crippen molar-refractivity contribution in [1.29, 1.82) is 0 Å². The Kier molecular flexibility index (Phi) is 6.36. The number of carbonyl (C=O) groups is 2. The van der Waals surface area contributed by atoms with Gasteiger partial charge in [-0.05, 0) is 26.3 Å². The highest BCUT2D eigenvalue weighted by Gasteiger charge is 2.26. The standard InChI is InChI=1S/C16H21N5O2S/c1-4-17-15(23)19-14(22)13(12-8-6-5-7-9-12)24-16-20-18-10-21(16)11(2)3/h5-11,13H,4H2,1-3H3,(H2,17,19,22,23)/t13-/m1/s1. The van der Waals surface area contributed by atoms with Crippen LogP contribution in [0.4, 0.5) is 4.79 Å². The second-order valence-corrected chi connectivity index (χ2v) is 6.44. The lowest BCUT2D eigenvalue weighted by Gasteiger charge is -2.17. The predicted octanol–water partition coefficient (Wildman–Crippen LogP) is 2.54.